The van der Waals surface area contributed by atoms with Crippen molar-refractivity contribution < 1.29 is 19.0 Å². The van der Waals surface area contributed by atoms with Gasteiger partial charge in [-0.25, -0.2) is 0 Å². The number of amides is 1. The zero-order valence-electron chi connectivity index (χ0n) is 17.4. The number of hydrogen-bond acceptors (Lipinski definition) is 6. The molecule has 1 amide bonds. The van der Waals surface area contributed by atoms with Crippen LogP contribution < -0.4 is 14.8 Å². The predicted octanol–water partition coefficient (Wildman–Crippen LogP) is 3.25. The maximum atomic E-state index is 11.1. The van der Waals surface area contributed by atoms with Gasteiger partial charge >= 0.3 is 0 Å². The van der Waals surface area contributed by atoms with E-state index in [4.69, 9.17) is 25.8 Å². The number of carbonyl (C=O) groups is 1. The molecule has 0 aromatic carbocycles. The third kappa shape index (κ3) is 5.51. The standard InChI is InChI=1S/C20H29ClN4O4/c1-5-27-20-23-17-10-16(21)19(24-18(17)25(20)4)29-15-8-6-14(7-9-15)28-11-12(2)22-13(3)26/h10,12,14-15H,5-9,11H2,1-4H3,(H,22,26)/t12-,14?,15?/m0/s1. The van der Waals surface area contributed by atoms with Gasteiger partial charge in [0.2, 0.25) is 11.8 Å². The lowest BCUT2D eigenvalue weighted by atomic mass is 9.95. The van der Waals surface area contributed by atoms with Crippen LogP contribution in [-0.2, 0) is 16.6 Å². The molecule has 1 aliphatic rings. The Morgan fingerprint density at radius 3 is 2.66 bits per heavy atom. The van der Waals surface area contributed by atoms with Crippen molar-refractivity contribution in [3.05, 3.63) is 11.1 Å². The molecule has 1 fully saturated rings. The van der Waals surface area contributed by atoms with Crippen LogP contribution in [0.15, 0.2) is 6.07 Å². The van der Waals surface area contributed by atoms with E-state index in [1.165, 1.54) is 6.92 Å². The minimum atomic E-state index is -0.0404. The minimum Gasteiger partial charge on any atom is -0.473 e. The second-order valence-corrected chi connectivity index (χ2v) is 7.86. The van der Waals surface area contributed by atoms with Crippen LogP contribution >= 0.6 is 11.6 Å². The molecule has 9 heteroatoms. The summed E-state index contributed by atoms with van der Waals surface area (Å²) in [4.78, 5) is 20.1. The van der Waals surface area contributed by atoms with Crippen LogP contribution in [0.2, 0.25) is 5.02 Å². The van der Waals surface area contributed by atoms with E-state index in [1.807, 2.05) is 20.9 Å². The SMILES string of the molecule is CCOc1nc2cc(Cl)c(OC3CCC(OC[C@H](C)NC(C)=O)CC3)nc2n1C. The summed E-state index contributed by atoms with van der Waals surface area (Å²) in [5.41, 5.74) is 1.36. The van der Waals surface area contributed by atoms with Crippen LogP contribution in [-0.4, -0.2) is 51.9 Å². The van der Waals surface area contributed by atoms with Crippen molar-refractivity contribution in [2.75, 3.05) is 13.2 Å². The molecule has 3 rings (SSSR count). The monoisotopic (exact) mass is 424 g/mol. The van der Waals surface area contributed by atoms with Crippen molar-refractivity contribution in [1.29, 1.82) is 0 Å². The van der Waals surface area contributed by atoms with Crippen molar-refractivity contribution >= 4 is 28.7 Å². The zero-order chi connectivity index (χ0) is 21.0. The van der Waals surface area contributed by atoms with Crippen LogP contribution in [0.25, 0.3) is 11.2 Å². The highest BCUT2D eigenvalue weighted by Gasteiger charge is 2.25. The summed E-state index contributed by atoms with van der Waals surface area (Å²) in [6.07, 6.45) is 3.76. The van der Waals surface area contributed by atoms with E-state index in [1.54, 1.807) is 10.6 Å². The third-order valence-electron chi connectivity index (χ3n) is 4.93. The number of halogens is 1. The Balaban J connectivity index is 1.56. The predicted molar refractivity (Wildman–Crippen MR) is 111 cm³/mol. The van der Waals surface area contributed by atoms with Crippen molar-refractivity contribution in [1.82, 2.24) is 19.9 Å². The summed E-state index contributed by atoms with van der Waals surface area (Å²) in [5, 5.41) is 3.28. The molecule has 1 saturated carbocycles. The average Bonchev–Trinajstić information content (AvgIpc) is 2.96. The van der Waals surface area contributed by atoms with Crippen LogP contribution in [0.5, 0.6) is 11.9 Å². The van der Waals surface area contributed by atoms with Gasteiger partial charge in [-0.1, -0.05) is 11.6 Å². The van der Waals surface area contributed by atoms with E-state index in [0.29, 0.717) is 41.3 Å². The molecular weight excluding hydrogens is 396 g/mol. The molecule has 0 saturated heterocycles. The Kier molecular flexibility index (Phi) is 7.18. The molecular formula is C20H29ClN4O4. The number of rotatable bonds is 8. The minimum absolute atomic E-state index is 0.0108. The number of pyridine rings is 1. The van der Waals surface area contributed by atoms with E-state index in [0.717, 1.165) is 25.7 Å². The van der Waals surface area contributed by atoms with Crippen molar-refractivity contribution in [3.63, 3.8) is 0 Å². The van der Waals surface area contributed by atoms with E-state index in [9.17, 15) is 4.79 Å². The molecule has 8 nitrogen and oxygen atoms in total. The second kappa shape index (κ2) is 9.63. The van der Waals surface area contributed by atoms with Gasteiger partial charge in [-0.3, -0.25) is 9.36 Å². The summed E-state index contributed by atoms with van der Waals surface area (Å²) in [7, 11) is 1.86. The maximum Gasteiger partial charge on any atom is 0.298 e. The van der Waals surface area contributed by atoms with Crippen molar-refractivity contribution in [2.45, 2.75) is 64.7 Å². The quantitative estimate of drug-likeness (QED) is 0.699. The number of nitrogens with zero attached hydrogens (tertiary/aromatic N) is 3. The number of carbonyl (C=O) groups excluding carboxylic acids is 1. The number of hydrogen-bond donors (Lipinski definition) is 1. The highest BCUT2D eigenvalue weighted by atomic mass is 35.5. The number of aromatic nitrogens is 3. The molecule has 0 unspecified atom stereocenters. The Labute approximate surface area is 175 Å². The fraction of sp³-hybridized carbons (Fsp3) is 0.650. The lowest BCUT2D eigenvalue weighted by Gasteiger charge is -2.29. The summed E-state index contributed by atoms with van der Waals surface area (Å²) < 4.78 is 19.3. The Morgan fingerprint density at radius 1 is 1.31 bits per heavy atom. The van der Waals surface area contributed by atoms with Gasteiger partial charge in [-0.05, 0) is 45.6 Å². The first-order valence-corrected chi connectivity index (χ1v) is 10.5. The van der Waals surface area contributed by atoms with E-state index >= 15 is 0 Å². The highest BCUT2D eigenvalue weighted by Crippen LogP contribution is 2.32. The largest absolute Gasteiger partial charge is 0.473 e. The van der Waals surface area contributed by atoms with Crippen LogP contribution in [0.1, 0.15) is 46.5 Å². The Hall–Kier alpha value is -2.06. The molecule has 2 aromatic heterocycles. The summed E-state index contributed by atoms with van der Waals surface area (Å²) in [6.45, 7) is 6.41. The summed E-state index contributed by atoms with van der Waals surface area (Å²) in [5.74, 6) is 0.384. The first-order valence-electron chi connectivity index (χ1n) is 10.1. The topological polar surface area (TPSA) is 87.5 Å². The number of imidazole rings is 1. The number of nitrogens with one attached hydrogen (secondary N) is 1. The van der Waals surface area contributed by atoms with Crippen molar-refractivity contribution in [3.8, 4) is 11.9 Å². The van der Waals surface area contributed by atoms with E-state index < -0.39 is 0 Å². The van der Waals surface area contributed by atoms with E-state index in [2.05, 4.69) is 15.3 Å². The summed E-state index contributed by atoms with van der Waals surface area (Å²) in [6, 6.07) is 2.28. The Morgan fingerprint density at radius 2 is 2.00 bits per heavy atom. The van der Waals surface area contributed by atoms with Crippen LogP contribution in [0, 0.1) is 0 Å². The average molecular weight is 425 g/mol. The molecule has 0 spiro atoms. The molecule has 2 heterocycles. The van der Waals surface area contributed by atoms with Gasteiger partial charge in [-0.2, -0.15) is 9.97 Å². The molecule has 1 aliphatic carbocycles. The summed E-state index contributed by atoms with van der Waals surface area (Å²) >= 11 is 6.38. The first-order chi connectivity index (χ1) is 13.9. The molecule has 160 valence electrons. The Bertz CT molecular complexity index is 849. The van der Waals surface area contributed by atoms with Crippen LogP contribution in [0.3, 0.4) is 0 Å². The zero-order valence-corrected chi connectivity index (χ0v) is 18.2. The van der Waals surface area contributed by atoms with Gasteiger partial charge in [0.05, 0.1) is 19.3 Å². The second-order valence-electron chi connectivity index (χ2n) is 7.46. The maximum absolute atomic E-state index is 11.1. The molecule has 29 heavy (non-hydrogen) atoms. The van der Waals surface area contributed by atoms with Gasteiger partial charge in [0.15, 0.2) is 5.65 Å². The molecule has 1 N–H and O–H groups in total. The molecule has 1 atom stereocenters. The normalized spacial score (nSPS) is 20.4. The number of fused-ring (bicyclic) bond motifs is 1. The van der Waals surface area contributed by atoms with Crippen molar-refractivity contribution in [2.24, 2.45) is 7.05 Å². The van der Waals surface area contributed by atoms with Gasteiger partial charge in [0.1, 0.15) is 16.6 Å². The third-order valence-corrected chi connectivity index (χ3v) is 5.20. The lowest BCUT2D eigenvalue weighted by Crippen LogP contribution is -2.36. The molecule has 2 aromatic rings. The van der Waals surface area contributed by atoms with Gasteiger partial charge in [0, 0.05) is 20.0 Å². The van der Waals surface area contributed by atoms with Gasteiger partial charge in [0.25, 0.3) is 6.01 Å². The number of ether oxygens (including phenoxy) is 3. The molecule has 0 radical (unpaired) electrons. The first kappa shape index (κ1) is 21.6. The highest BCUT2D eigenvalue weighted by molar-refractivity contribution is 6.32. The van der Waals surface area contributed by atoms with Gasteiger partial charge < -0.3 is 19.5 Å². The van der Waals surface area contributed by atoms with Crippen LogP contribution in [0.4, 0.5) is 0 Å². The number of aryl methyl sites for hydroxylation is 1. The van der Waals surface area contributed by atoms with E-state index in [-0.39, 0.29) is 24.2 Å². The van der Waals surface area contributed by atoms with Gasteiger partial charge in [-0.15, -0.1) is 0 Å². The molecule has 0 bridgehead atoms. The lowest BCUT2D eigenvalue weighted by molar-refractivity contribution is -0.120. The smallest absolute Gasteiger partial charge is 0.298 e. The molecule has 0 aliphatic heterocycles. The fourth-order valence-electron chi connectivity index (χ4n) is 3.54. The fourth-order valence-corrected chi connectivity index (χ4v) is 3.73.